The van der Waals surface area contributed by atoms with Gasteiger partial charge in [0.2, 0.25) is 20.0 Å². The van der Waals surface area contributed by atoms with Gasteiger partial charge in [0.25, 0.3) is 0 Å². The first-order chi connectivity index (χ1) is 14.9. The predicted octanol–water partition coefficient (Wildman–Crippen LogP) is 1.79. The molecular formula is C21H33N3O5S2. The molecule has 4 rings (SSSR count). The van der Waals surface area contributed by atoms with Crippen LogP contribution in [0.4, 0.5) is 5.69 Å². The molecule has 10 heteroatoms. The van der Waals surface area contributed by atoms with Gasteiger partial charge >= 0.3 is 0 Å². The van der Waals surface area contributed by atoms with Gasteiger partial charge in [-0.15, -0.1) is 0 Å². The lowest BCUT2D eigenvalue weighted by molar-refractivity contribution is 0.0214. The minimum Gasteiger partial charge on any atom is -0.381 e. The highest BCUT2D eigenvalue weighted by Crippen LogP contribution is 2.26. The van der Waals surface area contributed by atoms with Gasteiger partial charge < -0.3 is 9.64 Å². The van der Waals surface area contributed by atoms with Crippen molar-refractivity contribution in [2.24, 2.45) is 5.92 Å². The van der Waals surface area contributed by atoms with Crippen LogP contribution in [-0.4, -0.2) is 72.9 Å². The number of nitrogens with one attached hydrogen (secondary N) is 1. The first kappa shape index (κ1) is 23.0. The molecule has 3 heterocycles. The van der Waals surface area contributed by atoms with E-state index in [-0.39, 0.29) is 10.6 Å². The third-order valence-electron chi connectivity index (χ3n) is 6.70. The van der Waals surface area contributed by atoms with Crippen molar-refractivity contribution in [3.05, 3.63) is 24.3 Å². The minimum absolute atomic E-state index is 0.141. The first-order valence-electron chi connectivity index (χ1n) is 11.3. The van der Waals surface area contributed by atoms with Gasteiger partial charge in [0, 0.05) is 32.3 Å². The monoisotopic (exact) mass is 471 g/mol. The second kappa shape index (κ2) is 9.74. The van der Waals surface area contributed by atoms with E-state index in [0.29, 0.717) is 37.2 Å². The van der Waals surface area contributed by atoms with Gasteiger partial charge in [-0.2, -0.15) is 0 Å². The number of rotatable bonds is 6. The van der Waals surface area contributed by atoms with E-state index >= 15 is 0 Å². The van der Waals surface area contributed by atoms with E-state index in [2.05, 4.69) is 9.62 Å². The zero-order chi connectivity index (χ0) is 21.9. The second-order valence-electron chi connectivity index (χ2n) is 8.76. The van der Waals surface area contributed by atoms with Crippen molar-refractivity contribution in [3.8, 4) is 0 Å². The SMILES string of the molecule is O=S(=O)(NCC1CCN(C2CCOCC2)CC1)c1ccc(N2CCCCS2(=O)=O)cc1. The van der Waals surface area contributed by atoms with Crippen LogP contribution < -0.4 is 9.03 Å². The molecule has 1 aromatic rings. The number of benzene rings is 1. The van der Waals surface area contributed by atoms with Crippen LogP contribution in [0.25, 0.3) is 0 Å². The van der Waals surface area contributed by atoms with Gasteiger partial charge in [-0.1, -0.05) is 0 Å². The summed E-state index contributed by atoms with van der Waals surface area (Å²) in [5, 5.41) is 0. The van der Waals surface area contributed by atoms with Crippen LogP contribution in [0.15, 0.2) is 29.2 Å². The van der Waals surface area contributed by atoms with Crippen LogP contribution in [0.2, 0.25) is 0 Å². The number of likely N-dealkylation sites (tertiary alicyclic amines) is 1. The molecule has 8 nitrogen and oxygen atoms in total. The Morgan fingerprint density at radius 3 is 2.29 bits per heavy atom. The van der Waals surface area contributed by atoms with Gasteiger partial charge in [-0.3, -0.25) is 4.31 Å². The molecule has 31 heavy (non-hydrogen) atoms. The largest absolute Gasteiger partial charge is 0.381 e. The Kier molecular flexibility index (Phi) is 7.22. The summed E-state index contributed by atoms with van der Waals surface area (Å²) in [4.78, 5) is 2.70. The average molecular weight is 472 g/mol. The molecule has 3 fully saturated rings. The highest BCUT2D eigenvalue weighted by molar-refractivity contribution is 7.92. The summed E-state index contributed by atoms with van der Waals surface area (Å²) >= 11 is 0. The second-order valence-corrected chi connectivity index (χ2v) is 12.5. The molecule has 1 aromatic carbocycles. The summed E-state index contributed by atoms with van der Waals surface area (Å²) in [6, 6.07) is 6.77. The number of nitrogens with zero attached hydrogens (tertiary/aromatic N) is 2. The topological polar surface area (TPSA) is 96.0 Å². The van der Waals surface area contributed by atoms with Crippen molar-refractivity contribution in [2.45, 2.75) is 49.5 Å². The standard InChI is InChI=1S/C21H33N3O5S2/c25-30(26)16-2-1-11-24(30)20-3-5-21(6-4-20)31(27,28)22-17-18-7-12-23(13-8-18)19-9-14-29-15-10-19/h3-6,18-19,22H,1-2,7-17H2. The maximum atomic E-state index is 12.7. The van der Waals surface area contributed by atoms with E-state index < -0.39 is 20.0 Å². The molecule has 0 atom stereocenters. The van der Waals surface area contributed by atoms with Crippen molar-refractivity contribution in [3.63, 3.8) is 0 Å². The van der Waals surface area contributed by atoms with Gasteiger partial charge in [0.1, 0.15) is 0 Å². The highest BCUT2D eigenvalue weighted by atomic mass is 32.2. The number of ether oxygens (including phenoxy) is 1. The van der Waals surface area contributed by atoms with Crippen molar-refractivity contribution in [2.75, 3.05) is 49.5 Å². The fourth-order valence-electron chi connectivity index (χ4n) is 4.75. The van der Waals surface area contributed by atoms with Gasteiger partial charge in [-0.25, -0.2) is 21.6 Å². The van der Waals surface area contributed by atoms with E-state index in [4.69, 9.17) is 4.74 Å². The minimum atomic E-state index is -3.62. The molecule has 0 saturated carbocycles. The van der Waals surface area contributed by atoms with Gasteiger partial charge in [-0.05, 0) is 81.8 Å². The Hall–Kier alpha value is -1.20. The number of hydrogen-bond donors (Lipinski definition) is 1. The number of sulfonamides is 2. The van der Waals surface area contributed by atoms with Crippen LogP contribution >= 0.6 is 0 Å². The molecule has 0 amide bonds. The first-order valence-corrected chi connectivity index (χ1v) is 14.4. The molecule has 3 saturated heterocycles. The Morgan fingerprint density at radius 1 is 0.968 bits per heavy atom. The lowest BCUT2D eigenvalue weighted by Gasteiger charge is -2.39. The van der Waals surface area contributed by atoms with Crippen LogP contribution in [-0.2, 0) is 24.8 Å². The fourth-order valence-corrected chi connectivity index (χ4v) is 7.51. The third kappa shape index (κ3) is 5.60. The molecule has 0 bridgehead atoms. The van der Waals surface area contributed by atoms with E-state index in [0.717, 1.165) is 58.4 Å². The van der Waals surface area contributed by atoms with Crippen LogP contribution in [0.5, 0.6) is 0 Å². The van der Waals surface area contributed by atoms with Crippen molar-refractivity contribution < 1.29 is 21.6 Å². The smallest absolute Gasteiger partial charge is 0.240 e. The molecule has 0 unspecified atom stereocenters. The fraction of sp³-hybridized carbons (Fsp3) is 0.714. The maximum absolute atomic E-state index is 12.7. The molecule has 0 spiro atoms. The summed E-state index contributed by atoms with van der Waals surface area (Å²) in [6.45, 7) is 4.58. The molecule has 0 aliphatic carbocycles. The molecular weight excluding hydrogens is 438 g/mol. The zero-order valence-electron chi connectivity index (χ0n) is 17.9. The van der Waals surface area contributed by atoms with E-state index in [1.165, 1.54) is 16.4 Å². The summed E-state index contributed by atoms with van der Waals surface area (Å²) < 4.78 is 59.6. The van der Waals surface area contributed by atoms with E-state index in [1.54, 1.807) is 12.1 Å². The zero-order valence-corrected chi connectivity index (χ0v) is 19.5. The Bertz CT molecular complexity index is 936. The summed E-state index contributed by atoms with van der Waals surface area (Å²) in [6.07, 6.45) is 5.65. The highest BCUT2D eigenvalue weighted by Gasteiger charge is 2.28. The lowest BCUT2D eigenvalue weighted by Crippen LogP contribution is -2.45. The average Bonchev–Trinajstić information content (AvgIpc) is 2.79. The predicted molar refractivity (Wildman–Crippen MR) is 120 cm³/mol. The summed E-state index contributed by atoms with van der Waals surface area (Å²) in [7, 11) is -6.92. The number of anilines is 1. The quantitative estimate of drug-likeness (QED) is 0.680. The molecule has 1 N–H and O–H groups in total. The lowest BCUT2D eigenvalue weighted by atomic mass is 9.94. The number of piperidine rings is 1. The molecule has 0 aromatic heterocycles. The van der Waals surface area contributed by atoms with E-state index in [9.17, 15) is 16.8 Å². The summed E-state index contributed by atoms with van der Waals surface area (Å²) in [5.74, 6) is 0.478. The van der Waals surface area contributed by atoms with Gasteiger partial charge in [0.15, 0.2) is 0 Å². The van der Waals surface area contributed by atoms with Gasteiger partial charge in [0.05, 0.1) is 16.3 Å². The van der Waals surface area contributed by atoms with Crippen LogP contribution in [0.1, 0.15) is 38.5 Å². The van der Waals surface area contributed by atoms with Crippen LogP contribution in [0.3, 0.4) is 0 Å². The molecule has 0 radical (unpaired) electrons. The number of hydrogen-bond acceptors (Lipinski definition) is 6. The normalized spacial score (nSPS) is 24.3. The van der Waals surface area contributed by atoms with E-state index in [1.807, 2.05) is 0 Å². The van der Waals surface area contributed by atoms with Crippen molar-refractivity contribution in [1.82, 2.24) is 9.62 Å². The third-order valence-corrected chi connectivity index (χ3v) is 10.0. The molecule has 174 valence electrons. The molecule has 3 aliphatic rings. The maximum Gasteiger partial charge on any atom is 0.240 e. The Balaban J connectivity index is 1.30. The summed E-state index contributed by atoms with van der Waals surface area (Å²) in [5.41, 5.74) is 0.527. The Morgan fingerprint density at radius 2 is 1.65 bits per heavy atom. The Labute approximate surface area is 186 Å². The van der Waals surface area contributed by atoms with Crippen molar-refractivity contribution >= 4 is 25.7 Å². The van der Waals surface area contributed by atoms with Crippen molar-refractivity contribution in [1.29, 1.82) is 0 Å². The van der Waals surface area contributed by atoms with Crippen LogP contribution in [0, 0.1) is 5.92 Å². The molecule has 3 aliphatic heterocycles.